The number of rotatable bonds is 5. The Morgan fingerprint density at radius 2 is 2.33 bits per heavy atom. The van der Waals surface area contributed by atoms with Crippen molar-refractivity contribution in [2.45, 2.75) is 6.42 Å². The van der Waals surface area contributed by atoms with E-state index in [1.165, 1.54) is 6.39 Å². The van der Waals surface area contributed by atoms with E-state index in [0.717, 1.165) is 6.20 Å². The van der Waals surface area contributed by atoms with Crippen LogP contribution in [0.1, 0.15) is 5.82 Å². The molecule has 18 heavy (non-hydrogen) atoms. The third-order valence-corrected chi connectivity index (χ3v) is 2.17. The van der Waals surface area contributed by atoms with Gasteiger partial charge in [0.2, 0.25) is 17.5 Å². The van der Waals surface area contributed by atoms with Gasteiger partial charge < -0.3 is 9.84 Å². The molecule has 0 unspecified atom stereocenters. The molecule has 2 heterocycles. The molecule has 9 nitrogen and oxygen atoms in total. The zero-order chi connectivity index (χ0) is 13.0. The minimum atomic E-state index is -0.590. The van der Waals surface area contributed by atoms with Crippen molar-refractivity contribution in [3.8, 4) is 0 Å². The highest BCUT2D eigenvalue weighted by Gasteiger charge is 2.16. The van der Waals surface area contributed by atoms with E-state index in [1.54, 1.807) is 0 Å². The number of anilines is 1. The molecule has 0 aliphatic heterocycles. The zero-order valence-corrected chi connectivity index (χ0v) is 9.66. The van der Waals surface area contributed by atoms with Gasteiger partial charge in [0, 0.05) is 13.0 Å². The van der Waals surface area contributed by atoms with Crippen LogP contribution in [0, 0.1) is 10.1 Å². The van der Waals surface area contributed by atoms with Gasteiger partial charge in [-0.15, -0.1) is 0 Å². The Labute approximate surface area is 105 Å². The minimum absolute atomic E-state index is 0.0588. The second-order valence-corrected chi connectivity index (χ2v) is 3.49. The molecule has 0 fully saturated rings. The monoisotopic (exact) mass is 270 g/mol. The maximum Gasteiger partial charge on any atom is 0.329 e. The Kier molecular flexibility index (Phi) is 3.63. The summed E-state index contributed by atoms with van der Waals surface area (Å²) in [6, 6.07) is 0. The molecule has 1 N–H and O–H groups in total. The van der Waals surface area contributed by atoms with Crippen LogP contribution in [0.3, 0.4) is 0 Å². The van der Waals surface area contributed by atoms with E-state index in [9.17, 15) is 10.1 Å². The average Bonchev–Trinajstić information content (AvgIpc) is 2.82. The van der Waals surface area contributed by atoms with Crippen molar-refractivity contribution in [1.82, 2.24) is 20.1 Å². The van der Waals surface area contributed by atoms with E-state index in [1.807, 2.05) is 0 Å². The Bertz CT molecular complexity index is 546. The minimum Gasteiger partial charge on any atom is -0.364 e. The summed E-state index contributed by atoms with van der Waals surface area (Å²) in [5, 5.41) is 17.0. The normalized spacial score (nSPS) is 10.3. The van der Waals surface area contributed by atoms with Crippen LogP contribution in [-0.4, -0.2) is 31.6 Å². The first-order chi connectivity index (χ1) is 8.66. The fourth-order valence-corrected chi connectivity index (χ4v) is 1.35. The standard InChI is InChI=1S/C8H7ClN6O3/c9-8-11-3-5(15(16)17)7(13-8)10-2-1-6-12-4-18-14-6/h3-4H,1-2H2,(H,10,11,13). The molecule has 0 bridgehead atoms. The van der Waals surface area contributed by atoms with Crippen molar-refractivity contribution in [2.75, 3.05) is 11.9 Å². The summed E-state index contributed by atoms with van der Waals surface area (Å²) in [4.78, 5) is 21.3. The Morgan fingerprint density at radius 1 is 1.50 bits per heavy atom. The van der Waals surface area contributed by atoms with Crippen molar-refractivity contribution >= 4 is 23.1 Å². The maximum atomic E-state index is 10.7. The predicted molar refractivity (Wildman–Crippen MR) is 60.2 cm³/mol. The SMILES string of the molecule is O=[N+]([O-])c1cnc(Cl)nc1NCCc1ncon1. The van der Waals surface area contributed by atoms with Crippen molar-refractivity contribution in [1.29, 1.82) is 0 Å². The van der Waals surface area contributed by atoms with E-state index in [2.05, 4.69) is 29.9 Å². The number of hydrogen-bond donors (Lipinski definition) is 1. The molecule has 2 aromatic rings. The smallest absolute Gasteiger partial charge is 0.329 e. The van der Waals surface area contributed by atoms with Crippen molar-refractivity contribution < 1.29 is 9.45 Å². The molecule has 2 rings (SSSR count). The van der Waals surface area contributed by atoms with Crippen LogP contribution in [0.5, 0.6) is 0 Å². The largest absolute Gasteiger partial charge is 0.364 e. The van der Waals surface area contributed by atoms with E-state index in [4.69, 9.17) is 11.6 Å². The molecule has 2 aromatic heterocycles. The maximum absolute atomic E-state index is 10.7. The lowest BCUT2D eigenvalue weighted by Gasteiger charge is -2.04. The van der Waals surface area contributed by atoms with Crippen LogP contribution >= 0.6 is 11.6 Å². The van der Waals surface area contributed by atoms with E-state index >= 15 is 0 Å². The van der Waals surface area contributed by atoms with Crippen LogP contribution in [0.25, 0.3) is 0 Å². The number of halogens is 1. The van der Waals surface area contributed by atoms with Gasteiger partial charge >= 0.3 is 5.69 Å². The van der Waals surface area contributed by atoms with Gasteiger partial charge in [-0.05, 0) is 11.6 Å². The molecule has 0 saturated carbocycles. The molecule has 0 aliphatic rings. The van der Waals surface area contributed by atoms with Crippen LogP contribution < -0.4 is 5.32 Å². The molecule has 0 radical (unpaired) electrons. The van der Waals surface area contributed by atoms with Crippen LogP contribution in [0.4, 0.5) is 11.5 Å². The third-order valence-electron chi connectivity index (χ3n) is 1.98. The van der Waals surface area contributed by atoms with E-state index in [-0.39, 0.29) is 16.8 Å². The van der Waals surface area contributed by atoms with Gasteiger partial charge in [0.05, 0.1) is 4.92 Å². The summed E-state index contributed by atoms with van der Waals surface area (Å²) < 4.78 is 4.55. The lowest BCUT2D eigenvalue weighted by Crippen LogP contribution is -2.09. The second kappa shape index (κ2) is 5.36. The number of nitro groups is 1. The molecule has 0 amide bonds. The summed E-state index contributed by atoms with van der Waals surface area (Å²) in [6.45, 7) is 0.355. The summed E-state index contributed by atoms with van der Waals surface area (Å²) in [5.41, 5.74) is -0.243. The van der Waals surface area contributed by atoms with Crippen LogP contribution in [0.2, 0.25) is 5.28 Å². The van der Waals surface area contributed by atoms with Crippen LogP contribution in [0.15, 0.2) is 17.1 Å². The number of nitrogens with one attached hydrogen (secondary N) is 1. The summed E-state index contributed by atoms with van der Waals surface area (Å²) in [5.74, 6) is 0.550. The van der Waals surface area contributed by atoms with Crippen molar-refractivity contribution in [3.63, 3.8) is 0 Å². The Morgan fingerprint density at radius 3 is 3.00 bits per heavy atom. The fraction of sp³-hybridized carbons (Fsp3) is 0.250. The van der Waals surface area contributed by atoms with Gasteiger partial charge in [0.1, 0.15) is 6.20 Å². The lowest BCUT2D eigenvalue weighted by molar-refractivity contribution is -0.384. The van der Waals surface area contributed by atoms with Crippen molar-refractivity contribution in [2.24, 2.45) is 0 Å². The first-order valence-corrected chi connectivity index (χ1v) is 5.20. The first kappa shape index (κ1) is 12.2. The fourth-order valence-electron chi connectivity index (χ4n) is 1.21. The quantitative estimate of drug-likeness (QED) is 0.487. The number of nitrogens with zero attached hydrogens (tertiary/aromatic N) is 5. The van der Waals surface area contributed by atoms with Gasteiger partial charge in [-0.3, -0.25) is 10.1 Å². The summed E-state index contributed by atoms with van der Waals surface area (Å²) in [6.07, 6.45) is 2.70. The van der Waals surface area contributed by atoms with Gasteiger partial charge in [-0.1, -0.05) is 5.16 Å². The summed E-state index contributed by atoms with van der Waals surface area (Å²) in [7, 11) is 0. The Balaban J connectivity index is 2.03. The highest BCUT2D eigenvalue weighted by molar-refractivity contribution is 6.28. The molecule has 10 heteroatoms. The molecular weight excluding hydrogens is 264 g/mol. The molecule has 0 aromatic carbocycles. The second-order valence-electron chi connectivity index (χ2n) is 3.15. The molecule has 0 atom stereocenters. The van der Waals surface area contributed by atoms with E-state index in [0.29, 0.717) is 18.8 Å². The highest BCUT2D eigenvalue weighted by Crippen LogP contribution is 2.21. The molecule has 0 aliphatic carbocycles. The highest BCUT2D eigenvalue weighted by atomic mass is 35.5. The Hall–Kier alpha value is -2.29. The van der Waals surface area contributed by atoms with Gasteiger partial charge in [-0.2, -0.15) is 9.97 Å². The molecular formula is C8H7ClN6O3. The van der Waals surface area contributed by atoms with E-state index < -0.39 is 4.92 Å². The van der Waals surface area contributed by atoms with Crippen LogP contribution in [-0.2, 0) is 6.42 Å². The third kappa shape index (κ3) is 2.88. The molecule has 0 spiro atoms. The molecule has 94 valence electrons. The topological polar surface area (TPSA) is 120 Å². The summed E-state index contributed by atoms with van der Waals surface area (Å²) >= 11 is 5.58. The lowest BCUT2D eigenvalue weighted by atomic mass is 10.4. The van der Waals surface area contributed by atoms with Gasteiger partial charge in [-0.25, -0.2) is 4.98 Å². The number of aromatic nitrogens is 4. The van der Waals surface area contributed by atoms with Gasteiger partial charge in [0.25, 0.3) is 0 Å². The first-order valence-electron chi connectivity index (χ1n) is 4.83. The molecule has 0 saturated heterocycles. The predicted octanol–water partition coefficient (Wildman–Crippen LogP) is 1.08. The number of hydrogen-bond acceptors (Lipinski definition) is 8. The average molecular weight is 271 g/mol. The van der Waals surface area contributed by atoms with Crippen molar-refractivity contribution in [3.05, 3.63) is 33.8 Å². The van der Waals surface area contributed by atoms with Gasteiger partial charge in [0.15, 0.2) is 5.82 Å². The zero-order valence-electron chi connectivity index (χ0n) is 8.91.